The van der Waals surface area contributed by atoms with Gasteiger partial charge in [0, 0.05) is 17.2 Å². The van der Waals surface area contributed by atoms with Crippen LogP contribution >= 0.6 is 0 Å². The second kappa shape index (κ2) is 12.2. The number of nitrogens with two attached hydrogens (primary N) is 1. The minimum Gasteiger partial charge on any atom is -0.458 e. The molecule has 0 amide bonds. The molecule has 1 aromatic carbocycles. The third-order valence-electron chi connectivity index (χ3n) is 5.02. The minimum atomic E-state index is 0.526. The summed E-state index contributed by atoms with van der Waals surface area (Å²) in [5.74, 6) is 2.30. The van der Waals surface area contributed by atoms with E-state index in [4.69, 9.17) is 9.73 Å². The lowest BCUT2D eigenvalue weighted by Crippen LogP contribution is -2.28. The van der Waals surface area contributed by atoms with Crippen LogP contribution in [0.15, 0.2) is 77.2 Å². The maximum Gasteiger partial charge on any atom is 0.127 e. The first kappa shape index (κ1) is 22.9. The van der Waals surface area contributed by atoms with Gasteiger partial charge in [-0.05, 0) is 102 Å². The molecular formula is C25H35N3O. The molecule has 0 aromatic heterocycles. The maximum atomic E-state index is 5.94. The van der Waals surface area contributed by atoms with Crippen molar-refractivity contribution in [1.82, 2.24) is 5.32 Å². The lowest BCUT2D eigenvalue weighted by Gasteiger charge is -2.23. The number of nitrogens with one attached hydrogen (secondary N) is 1. The summed E-state index contributed by atoms with van der Waals surface area (Å²) >= 11 is 0. The fourth-order valence-corrected chi connectivity index (χ4v) is 3.53. The molecule has 0 atom stereocenters. The lowest BCUT2D eigenvalue weighted by molar-refractivity contribution is 0.417. The molecule has 2 aliphatic rings. The Kier molecular flexibility index (Phi) is 9.62. The van der Waals surface area contributed by atoms with Crippen LogP contribution in [0.5, 0.6) is 5.75 Å². The Labute approximate surface area is 175 Å². The average Bonchev–Trinajstić information content (AvgIpc) is 2.78. The van der Waals surface area contributed by atoms with Crippen molar-refractivity contribution in [2.45, 2.75) is 39.5 Å². The van der Waals surface area contributed by atoms with Crippen molar-refractivity contribution < 1.29 is 4.74 Å². The van der Waals surface area contributed by atoms with E-state index in [9.17, 15) is 0 Å². The third-order valence-corrected chi connectivity index (χ3v) is 5.02. The Balaban J connectivity index is 0.00000145. The number of aliphatic imine (C=N–C) groups is 1. The van der Waals surface area contributed by atoms with Crippen molar-refractivity contribution >= 4 is 5.71 Å². The summed E-state index contributed by atoms with van der Waals surface area (Å²) in [6.45, 7) is 10.4. The van der Waals surface area contributed by atoms with Gasteiger partial charge in [0.05, 0.1) is 5.71 Å². The van der Waals surface area contributed by atoms with Gasteiger partial charge in [0.15, 0.2) is 0 Å². The Morgan fingerprint density at radius 1 is 1.17 bits per heavy atom. The fourth-order valence-electron chi connectivity index (χ4n) is 3.53. The van der Waals surface area contributed by atoms with Gasteiger partial charge in [-0.2, -0.15) is 0 Å². The second-order valence-electron chi connectivity index (χ2n) is 7.19. The van der Waals surface area contributed by atoms with E-state index in [0.29, 0.717) is 5.92 Å². The monoisotopic (exact) mass is 393 g/mol. The van der Waals surface area contributed by atoms with Crippen LogP contribution in [0.4, 0.5) is 0 Å². The molecule has 1 aliphatic heterocycles. The number of hydrogen-bond acceptors (Lipinski definition) is 4. The van der Waals surface area contributed by atoms with Crippen LogP contribution < -0.4 is 15.8 Å². The molecule has 29 heavy (non-hydrogen) atoms. The van der Waals surface area contributed by atoms with Crippen LogP contribution in [0.25, 0.3) is 0 Å². The number of allylic oxidation sites excluding steroid dienone is 6. The molecule has 3 N–H and O–H groups in total. The summed E-state index contributed by atoms with van der Waals surface area (Å²) in [4.78, 5) is 5.02. The van der Waals surface area contributed by atoms with E-state index in [1.165, 1.54) is 12.7 Å². The highest BCUT2D eigenvalue weighted by molar-refractivity contribution is 6.12. The number of ether oxygens (including phenoxy) is 1. The van der Waals surface area contributed by atoms with Gasteiger partial charge in [-0.15, -0.1) is 0 Å². The summed E-state index contributed by atoms with van der Waals surface area (Å²) < 4.78 is 5.94. The zero-order valence-corrected chi connectivity index (χ0v) is 18.1. The van der Waals surface area contributed by atoms with Crippen LogP contribution in [0.2, 0.25) is 0 Å². The van der Waals surface area contributed by atoms with Gasteiger partial charge in [0.25, 0.3) is 0 Å². The van der Waals surface area contributed by atoms with Crippen molar-refractivity contribution in [2.75, 3.05) is 20.1 Å². The largest absolute Gasteiger partial charge is 0.458 e. The van der Waals surface area contributed by atoms with Crippen molar-refractivity contribution in [2.24, 2.45) is 16.6 Å². The standard InChI is InChI=1S/C24H30N2O.CH5N/c1-4-23(19-14-16-25-17-15-19)26-24(18(2)3)20-10-12-22(13-11-20)27-21-8-6-5-7-9-21;1-2/h4,6,8-13,19,25H,2,5,7,14-17H2,1,3H3;2H2,1H3/b23-4-,26-24?;. The quantitative estimate of drug-likeness (QED) is 0.658. The Bertz CT molecular complexity index is 779. The Morgan fingerprint density at radius 2 is 1.86 bits per heavy atom. The highest BCUT2D eigenvalue weighted by Gasteiger charge is 2.18. The van der Waals surface area contributed by atoms with Crippen LogP contribution in [0, 0.1) is 5.92 Å². The van der Waals surface area contributed by atoms with Crippen LogP contribution in [-0.4, -0.2) is 25.8 Å². The number of piperidine rings is 1. The highest BCUT2D eigenvalue weighted by Crippen LogP contribution is 2.25. The molecule has 0 unspecified atom stereocenters. The summed E-state index contributed by atoms with van der Waals surface area (Å²) in [6, 6.07) is 8.17. The Hall–Kier alpha value is -2.43. The molecular weight excluding hydrogens is 358 g/mol. The normalized spacial score (nSPS) is 17.9. The molecule has 0 radical (unpaired) electrons. The van der Waals surface area contributed by atoms with Crippen LogP contribution in [0.1, 0.15) is 45.1 Å². The predicted molar refractivity (Wildman–Crippen MR) is 124 cm³/mol. The van der Waals surface area contributed by atoms with Crippen LogP contribution in [0.3, 0.4) is 0 Å². The van der Waals surface area contributed by atoms with Crippen molar-refractivity contribution in [3.8, 4) is 5.75 Å². The number of rotatable bonds is 6. The smallest absolute Gasteiger partial charge is 0.127 e. The van der Waals surface area contributed by atoms with Gasteiger partial charge < -0.3 is 15.8 Å². The second-order valence-corrected chi connectivity index (χ2v) is 7.19. The number of benzene rings is 1. The zero-order valence-electron chi connectivity index (χ0n) is 18.1. The van der Waals surface area contributed by atoms with Crippen LogP contribution in [-0.2, 0) is 0 Å². The van der Waals surface area contributed by atoms with E-state index in [-0.39, 0.29) is 0 Å². The molecule has 1 saturated heterocycles. The van der Waals surface area contributed by atoms with E-state index in [2.05, 4.69) is 54.9 Å². The predicted octanol–water partition coefficient (Wildman–Crippen LogP) is 5.14. The third kappa shape index (κ3) is 6.84. The molecule has 0 spiro atoms. The van der Waals surface area contributed by atoms with Crippen molar-refractivity contribution in [1.29, 1.82) is 0 Å². The fraction of sp³-hybridized carbons (Fsp3) is 0.400. The van der Waals surface area contributed by atoms with Gasteiger partial charge in [0.1, 0.15) is 11.5 Å². The summed E-state index contributed by atoms with van der Waals surface area (Å²) in [6.07, 6.45) is 12.9. The van der Waals surface area contributed by atoms with Crippen molar-refractivity contribution in [3.05, 3.63) is 77.7 Å². The van der Waals surface area contributed by atoms with Gasteiger partial charge in [0.2, 0.25) is 0 Å². The van der Waals surface area contributed by atoms with Gasteiger partial charge in [-0.3, -0.25) is 4.99 Å². The van der Waals surface area contributed by atoms with Gasteiger partial charge in [-0.1, -0.05) is 18.7 Å². The van der Waals surface area contributed by atoms with Gasteiger partial charge in [-0.25, -0.2) is 0 Å². The van der Waals surface area contributed by atoms with Gasteiger partial charge >= 0.3 is 0 Å². The first-order valence-electron chi connectivity index (χ1n) is 10.5. The topological polar surface area (TPSA) is 59.6 Å². The summed E-state index contributed by atoms with van der Waals surface area (Å²) in [7, 11) is 1.50. The molecule has 4 heteroatoms. The zero-order chi connectivity index (χ0) is 21.1. The van der Waals surface area contributed by atoms with E-state index >= 15 is 0 Å². The molecule has 1 aromatic rings. The average molecular weight is 394 g/mol. The first-order chi connectivity index (χ1) is 14.2. The highest BCUT2D eigenvalue weighted by atomic mass is 16.5. The molecule has 0 saturated carbocycles. The minimum absolute atomic E-state index is 0.526. The Morgan fingerprint density at radius 3 is 2.41 bits per heavy atom. The van der Waals surface area contributed by atoms with E-state index < -0.39 is 0 Å². The number of nitrogens with zero attached hydrogens (tertiary/aromatic N) is 1. The van der Waals surface area contributed by atoms with Crippen molar-refractivity contribution in [3.63, 3.8) is 0 Å². The molecule has 156 valence electrons. The molecule has 4 nitrogen and oxygen atoms in total. The molecule has 1 aliphatic carbocycles. The van der Waals surface area contributed by atoms with E-state index in [1.807, 2.05) is 25.1 Å². The maximum absolute atomic E-state index is 5.94. The van der Waals surface area contributed by atoms with E-state index in [1.54, 1.807) is 0 Å². The molecule has 0 bridgehead atoms. The molecule has 3 rings (SSSR count). The molecule has 1 heterocycles. The SMILES string of the molecule is C=C(C)C(=N/C(=C\C)C1CCNCC1)c1ccc(OC2=CCCC=C2)cc1.CN. The lowest BCUT2D eigenvalue weighted by atomic mass is 9.94. The van der Waals surface area contributed by atoms with E-state index in [0.717, 1.165) is 67.1 Å². The summed E-state index contributed by atoms with van der Waals surface area (Å²) in [5, 5.41) is 3.42. The first-order valence-corrected chi connectivity index (χ1v) is 10.5. The number of hydrogen-bond donors (Lipinski definition) is 2. The molecule has 1 fully saturated rings. The summed E-state index contributed by atoms with van der Waals surface area (Å²) in [5.41, 5.74) is 8.70.